The van der Waals surface area contributed by atoms with Gasteiger partial charge in [-0.1, -0.05) is 23.7 Å². The van der Waals surface area contributed by atoms with E-state index in [0.717, 1.165) is 31.7 Å². The quantitative estimate of drug-likeness (QED) is 0.351. The summed E-state index contributed by atoms with van der Waals surface area (Å²) in [6.45, 7) is 4.83. The van der Waals surface area contributed by atoms with E-state index in [-0.39, 0.29) is 5.84 Å². The van der Waals surface area contributed by atoms with Crippen LogP contribution in [0, 0.1) is 0 Å². The van der Waals surface area contributed by atoms with Crippen LogP contribution >= 0.6 is 11.6 Å². The van der Waals surface area contributed by atoms with Gasteiger partial charge in [-0.15, -0.1) is 0 Å². The Hall–Kier alpha value is -1.46. The zero-order valence-electron chi connectivity index (χ0n) is 12.3. The minimum atomic E-state index is 0.0773. The topological polar surface area (TPSA) is 65.1 Å². The average Bonchev–Trinajstić information content (AvgIpc) is 2.42. The third kappa shape index (κ3) is 4.58. The highest BCUT2D eigenvalue weighted by molar-refractivity contribution is 6.31. The Bertz CT molecular complexity index is 462. The predicted molar refractivity (Wildman–Crippen MR) is 85.0 cm³/mol. The van der Waals surface area contributed by atoms with E-state index in [1.165, 1.54) is 0 Å². The van der Waals surface area contributed by atoms with Crippen molar-refractivity contribution in [2.24, 2.45) is 10.9 Å². The number of benzene rings is 1. The molecule has 0 aromatic heterocycles. The summed E-state index contributed by atoms with van der Waals surface area (Å²) in [6, 6.07) is 5.47. The van der Waals surface area contributed by atoms with Crippen molar-refractivity contribution in [1.29, 1.82) is 0 Å². The van der Waals surface area contributed by atoms with Crippen LogP contribution < -0.4 is 10.6 Å². The Morgan fingerprint density at radius 2 is 2.00 bits per heavy atom. The summed E-state index contributed by atoms with van der Waals surface area (Å²) < 4.78 is 0. The molecule has 1 rings (SSSR count). The molecule has 0 amide bonds. The van der Waals surface area contributed by atoms with Crippen LogP contribution in [0.4, 0.5) is 5.69 Å². The molecule has 0 unspecified atom stereocenters. The maximum Gasteiger partial charge on any atom is 0.172 e. The summed E-state index contributed by atoms with van der Waals surface area (Å²) in [5, 5.41) is 12.6. The maximum absolute atomic E-state index is 8.93. The molecule has 0 saturated heterocycles. The number of amidine groups is 1. The molecule has 0 saturated carbocycles. The lowest BCUT2D eigenvalue weighted by molar-refractivity contribution is 0.318. The molecule has 20 heavy (non-hydrogen) atoms. The number of likely N-dealkylation sites (N-methyl/N-ethyl adjacent to an activating group) is 1. The number of oxime groups is 1. The van der Waals surface area contributed by atoms with Crippen molar-refractivity contribution in [3.05, 3.63) is 28.8 Å². The second kappa shape index (κ2) is 7.97. The van der Waals surface area contributed by atoms with Gasteiger partial charge in [-0.25, -0.2) is 0 Å². The van der Waals surface area contributed by atoms with Gasteiger partial charge in [0.15, 0.2) is 5.84 Å². The molecule has 0 spiro atoms. The third-order valence-electron chi connectivity index (χ3n) is 2.99. The largest absolute Gasteiger partial charge is 0.409 e. The molecule has 0 atom stereocenters. The van der Waals surface area contributed by atoms with Crippen molar-refractivity contribution < 1.29 is 5.21 Å². The zero-order chi connectivity index (χ0) is 15.1. The van der Waals surface area contributed by atoms with E-state index < -0.39 is 0 Å². The molecule has 0 heterocycles. The molecular formula is C14H23ClN4O. The summed E-state index contributed by atoms with van der Waals surface area (Å²) >= 11 is 6.01. The lowest BCUT2D eigenvalue weighted by atomic mass is 10.1. The SMILES string of the molecule is CCCN(CCN(C)C)c1ccc(Cl)cc1C(N)=NO. The number of hydrogen-bond donors (Lipinski definition) is 2. The van der Waals surface area contributed by atoms with Crippen LogP contribution in [0.2, 0.25) is 5.02 Å². The summed E-state index contributed by atoms with van der Waals surface area (Å²) in [5.41, 5.74) is 7.36. The zero-order valence-corrected chi connectivity index (χ0v) is 13.1. The second-order valence-corrected chi connectivity index (χ2v) is 5.37. The predicted octanol–water partition coefficient (Wildman–Crippen LogP) is 2.21. The van der Waals surface area contributed by atoms with Gasteiger partial charge in [0.25, 0.3) is 0 Å². The lowest BCUT2D eigenvalue weighted by Crippen LogP contribution is -2.34. The summed E-state index contributed by atoms with van der Waals surface area (Å²) in [4.78, 5) is 4.35. The van der Waals surface area contributed by atoms with Gasteiger partial charge < -0.3 is 20.7 Å². The average molecular weight is 299 g/mol. The van der Waals surface area contributed by atoms with Crippen LogP contribution in [0.3, 0.4) is 0 Å². The molecule has 0 radical (unpaired) electrons. The minimum absolute atomic E-state index is 0.0773. The van der Waals surface area contributed by atoms with Crippen molar-refractivity contribution in [2.45, 2.75) is 13.3 Å². The fourth-order valence-electron chi connectivity index (χ4n) is 1.99. The van der Waals surface area contributed by atoms with Crippen molar-refractivity contribution in [3.8, 4) is 0 Å². The molecule has 0 fully saturated rings. The molecule has 0 aliphatic rings. The Balaban J connectivity index is 3.11. The van der Waals surface area contributed by atoms with Crippen molar-refractivity contribution in [2.75, 3.05) is 38.6 Å². The third-order valence-corrected chi connectivity index (χ3v) is 3.23. The number of rotatable bonds is 7. The van der Waals surface area contributed by atoms with Crippen LogP contribution in [0.1, 0.15) is 18.9 Å². The number of nitrogens with two attached hydrogens (primary N) is 1. The Kier molecular flexibility index (Phi) is 6.61. The highest BCUT2D eigenvalue weighted by Gasteiger charge is 2.14. The Morgan fingerprint density at radius 3 is 2.55 bits per heavy atom. The van der Waals surface area contributed by atoms with Gasteiger partial charge >= 0.3 is 0 Å². The van der Waals surface area contributed by atoms with Crippen LogP contribution in [0.25, 0.3) is 0 Å². The van der Waals surface area contributed by atoms with Gasteiger partial charge in [-0.3, -0.25) is 0 Å². The summed E-state index contributed by atoms with van der Waals surface area (Å²) in [6.07, 6.45) is 1.02. The smallest absolute Gasteiger partial charge is 0.172 e. The second-order valence-electron chi connectivity index (χ2n) is 4.94. The maximum atomic E-state index is 8.93. The first-order valence-corrected chi connectivity index (χ1v) is 7.04. The molecule has 0 aliphatic carbocycles. The van der Waals surface area contributed by atoms with E-state index in [0.29, 0.717) is 10.6 Å². The Labute approximate surface area is 125 Å². The van der Waals surface area contributed by atoms with Gasteiger partial charge in [-0.05, 0) is 38.7 Å². The van der Waals surface area contributed by atoms with Crippen molar-refractivity contribution >= 4 is 23.1 Å². The molecule has 1 aromatic rings. The molecule has 5 nitrogen and oxygen atoms in total. The van der Waals surface area contributed by atoms with Crippen LogP contribution in [0.5, 0.6) is 0 Å². The van der Waals surface area contributed by atoms with Gasteiger partial charge in [0.2, 0.25) is 0 Å². The van der Waals surface area contributed by atoms with Gasteiger partial charge in [0.05, 0.1) is 0 Å². The van der Waals surface area contributed by atoms with Crippen LogP contribution in [-0.4, -0.2) is 49.7 Å². The normalized spacial score (nSPS) is 11.9. The molecule has 0 bridgehead atoms. The molecular weight excluding hydrogens is 276 g/mol. The number of anilines is 1. The minimum Gasteiger partial charge on any atom is -0.409 e. The molecule has 1 aromatic carbocycles. The van der Waals surface area contributed by atoms with Gasteiger partial charge in [0, 0.05) is 35.9 Å². The van der Waals surface area contributed by atoms with E-state index in [1.54, 1.807) is 6.07 Å². The van der Waals surface area contributed by atoms with E-state index in [9.17, 15) is 0 Å². The standard InChI is InChI=1S/C14H23ClN4O/c1-4-7-19(9-8-18(2)3)13-6-5-11(15)10-12(13)14(16)17-20/h5-6,10,20H,4,7-9H2,1-3H3,(H2,16,17). The van der Waals surface area contributed by atoms with Crippen LogP contribution in [-0.2, 0) is 0 Å². The van der Waals surface area contributed by atoms with Crippen molar-refractivity contribution in [3.63, 3.8) is 0 Å². The molecule has 112 valence electrons. The number of halogens is 1. The first kappa shape index (κ1) is 16.6. The highest BCUT2D eigenvalue weighted by Crippen LogP contribution is 2.24. The summed E-state index contributed by atoms with van der Waals surface area (Å²) in [7, 11) is 4.08. The summed E-state index contributed by atoms with van der Waals surface area (Å²) in [5.74, 6) is 0.0773. The van der Waals surface area contributed by atoms with E-state index in [1.807, 2.05) is 26.2 Å². The molecule has 6 heteroatoms. The highest BCUT2D eigenvalue weighted by atomic mass is 35.5. The first-order chi connectivity index (χ1) is 9.49. The first-order valence-electron chi connectivity index (χ1n) is 6.66. The monoisotopic (exact) mass is 298 g/mol. The van der Waals surface area contributed by atoms with Gasteiger partial charge in [0.1, 0.15) is 0 Å². The van der Waals surface area contributed by atoms with Crippen molar-refractivity contribution in [1.82, 2.24) is 4.90 Å². The lowest BCUT2D eigenvalue weighted by Gasteiger charge is -2.28. The molecule has 3 N–H and O–H groups in total. The van der Waals surface area contributed by atoms with E-state index in [2.05, 4.69) is 21.9 Å². The van der Waals surface area contributed by atoms with Crippen LogP contribution in [0.15, 0.2) is 23.4 Å². The molecule has 0 aliphatic heterocycles. The Morgan fingerprint density at radius 1 is 1.30 bits per heavy atom. The number of nitrogens with zero attached hydrogens (tertiary/aromatic N) is 3. The number of hydrogen-bond acceptors (Lipinski definition) is 4. The van der Waals surface area contributed by atoms with E-state index in [4.69, 9.17) is 22.5 Å². The fourth-order valence-corrected chi connectivity index (χ4v) is 2.16. The fraction of sp³-hybridized carbons (Fsp3) is 0.500. The van der Waals surface area contributed by atoms with Gasteiger partial charge in [-0.2, -0.15) is 0 Å². The van der Waals surface area contributed by atoms with E-state index >= 15 is 0 Å².